The Morgan fingerprint density at radius 3 is 2.52 bits per heavy atom. The number of nitrogens with one attached hydrogen (secondary N) is 1. The molecule has 2 unspecified atom stereocenters. The van der Waals surface area contributed by atoms with Gasteiger partial charge in [-0.3, -0.25) is 4.79 Å². The number of carbonyl (C=O) groups is 2. The average Bonchev–Trinajstić information content (AvgIpc) is 2.54. The van der Waals surface area contributed by atoms with Crippen LogP contribution >= 0.6 is 0 Å². The molecule has 1 fully saturated rings. The lowest BCUT2D eigenvalue weighted by Crippen LogP contribution is -2.39. The Labute approximate surface area is 151 Å². The van der Waals surface area contributed by atoms with Crippen molar-refractivity contribution in [3.05, 3.63) is 29.3 Å². The molecule has 1 amide bonds. The highest BCUT2D eigenvalue weighted by molar-refractivity contribution is 5.95. The van der Waals surface area contributed by atoms with Crippen molar-refractivity contribution >= 4 is 17.6 Å². The van der Waals surface area contributed by atoms with Crippen LogP contribution in [0.1, 0.15) is 62.9 Å². The van der Waals surface area contributed by atoms with Crippen molar-refractivity contribution in [3.8, 4) is 0 Å². The lowest BCUT2D eigenvalue weighted by atomic mass is 9.64. The molecule has 4 heteroatoms. The number of hydrogen-bond acceptors (Lipinski definition) is 3. The van der Waals surface area contributed by atoms with Gasteiger partial charge in [-0.2, -0.15) is 0 Å². The average molecular weight is 345 g/mol. The van der Waals surface area contributed by atoms with Crippen LogP contribution in [0.5, 0.6) is 0 Å². The first-order valence-electron chi connectivity index (χ1n) is 9.14. The SMILES string of the molecule is COC(=O)c1ccc(NC(=O)C2CC(C)(C)CCC2C(C)C)c(C)c1. The number of ether oxygens (including phenoxy) is 1. The zero-order valence-corrected chi connectivity index (χ0v) is 16.3. The Morgan fingerprint density at radius 1 is 1.28 bits per heavy atom. The molecule has 1 saturated carbocycles. The van der Waals surface area contributed by atoms with Crippen molar-refractivity contribution in [2.45, 2.75) is 53.9 Å². The molecule has 0 saturated heterocycles. The highest BCUT2D eigenvalue weighted by Gasteiger charge is 2.40. The van der Waals surface area contributed by atoms with Crippen LogP contribution in [-0.2, 0) is 9.53 Å². The molecule has 1 aromatic rings. The van der Waals surface area contributed by atoms with Crippen LogP contribution in [0.15, 0.2) is 18.2 Å². The minimum atomic E-state index is -0.366. The molecule has 0 spiro atoms. The minimum absolute atomic E-state index is 0.0310. The summed E-state index contributed by atoms with van der Waals surface area (Å²) in [5.41, 5.74) is 2.34. The molecule has 4 nitrogen and oxygen atoms in total. The Balaban J connectivity index is 2.18. The van der Waals surface area contributed by atoms with Gasteiger partial charge in [-0.1, -0.05) is 27.7 Å². The molecule has 0 radical (unpaired) electrons. The van der Waals surface area contributed by atoms with E-state index in [0.29, 0.717) is 17.4 Å². The predicted molar refractivity (Wildman–Crippen MR) is 101 cm³/mol. The maximum atomic E-state index is 13.0. The summed E-state index contributed by atoms with van der Waals surface area (Å²) in [6.45, 7) is 10.8. The van der Waals surface area contributed by atoms with E-state index in [1.807, 2.05) is 6.92 Å². The van der Waals surface area contributed by atoms with Gasteiger partial charge in [0.2, 0.25) is 5.91 Å². The summed E-state index contributed by atoms with van der Waals surface area (Å²) in [5, 5.41) is 3.10. The molecule has 0 aromatic heterocycles. The number of benzene rings is 1. The topological polar surface area (TPSA) is 55.4 Å². The fourth-order valence-corrected chi connectivity index (χ4v) is 3.97. The summed E-state index contributed by atoms with van der Waals surface area (Å²) in [4.78, 5) is 24.6. The zero-order chi connectivity index (χ0) is 18.8. The van der Waals surface area contributed by atoms with Gasteiger partial charge in [-0.25, -0.2) is 4.79 Å². The number of methoxy groups -OCH3 is 1. The van der Waals surface area contributed by atoms with Crippen molar-refractivity contribution in [1.29, 1.82) is 0 Å². The largest absolute Gasteiger partial charge is 0.465 e. The fourth-order valence-electron chi connectivity index (χ4n) is 3.97. The van der Waals surface area contributed by atoms with E-state index in [-0.39, 0.29) is 23.2 Å². The van der Waals surface area contributed by atoms with Crippen LogP contribution < -0.4 is 5.32 Å². The van der Waals surface area contributed by atoms with E-state index < -0.39 is 0 Å². The third kappa shape index (κ3) is 4.62. The normalized spacial score (nSPS) is 22.5. The maximum Gasteiger partial charge on any atom is 0.337 e. The summed E-state index contributed by atoms with van der Waals surface area (Å²) in [6, 6.07) is 5.24. The number of hydrogen-bond donors (Lipinski definition) is 1. The van der Waals surface area contributed by atoms with Crippen LogP contribution in [0.4, 0.5) is 5.69 Å². The third-order valence-electron chi connectivity index (χ3n) is 5.54. The molecule has 138 valence electrons. The van der Waals surface area contributed by atoms with Crippen molar-refractivity contribution in [2.24, 2.45) is 23.2 Å². The Morgan fingerprint density at radius 2 is 1.96 bits per heavy atom. The number of aryl methyl sites for hydroxylation is 1. The highest BCUT2D eigenvalue weighted by atomic mass is 16.5. The summed E-state index contributed by atoms with van der Waals surface area (Å²) in [7, 11) is 1.37. The van der Waals surface area contributed by atoms with Crippen molar-refractivity contribution in [3.63, 3.8) is 0 Å². The van der Waals surface area contributed by atoms with Crippen molar-refractivity contribution in [1.82, 2.24) is 0 Å². The van der Waals surface area contributed by atoms with E-state index in [2.05, 4.69) is 33.0 Å². The van der Waals surface area contributed by atoms with Crippen LogP contribution in [0, 0.1) is 30.1 Å². The van der Waals surface area contributed by atoms with Gasteiger partial charge in [-0.15, -0.1) is 0 Å². The van der Waals surface area contributed by atoms with Crippen molar-refractivity contribution < 1.29 is 14.3 Å². The first-order valence-corrected chi connectivity index (χ1v) is 9.14. The quantitative estimate of drug-likeness (QED) is 0.796. The lowest BCUT2D eigenvalue weighted by molar-refractivity contribution is -0.125. The van der Waals surface area contributed by atoms with Gasteiger partial charge >= 0.3 is 5.97 Å². The molecule has 0 bridgehead atoms. The predicted octanol–water partition coefficient (Wildman–Crippen LogP) is 4.82. The molecular formula is C21H31NO3. The van der Waals surface area contributed by atoms with E-state index in [9.17, 15) is 9.59 Å². The highest BCUT2D eigenvalue weighted by Crippen LogP contribution is 2.45. The second-order valence-corrected chi connectivity index (χ2v) is 8.43. The van der Waals surface area contributed by atoms with E-state index in [1.54, 1.807) is 18.2 Å². The van der Waals surface area contributed by atoms with Crippen LogP contribution in [-0.4, -0.2) is 19.0 Å². The lowest BCUT2D eigenvalue weighted by Gasteiger charge is -2.41. The summed E-state index contributed by atoms with van der Waals surface area (Å²) >= 11 is 0. The first-order chi connectivity index (χ1) is 11.6. The monoisotopic (exact) mass is 345 g/mol. The van der Waals surface area contributed by atoms with Crippen LogP contribution in [0.3, 0.4) is 0 Å². The van der Waals surface area contributed by atoms with Gasteiger partial charge < -0.3 is 10.1 Å². The van der Waals surface area contributed by atoms with Crippen molar-refractivity contribution in [2.75, 3.05) is 12.4 Å². The molecule has 2 rings (SSSR count). The maximum absolute atomic E-state index is 13.0. The molecule has 1 aliphatic rings. The van der Waals surface area contributed by atoms with E-state index in [1.165, 1.54) is 13.5 Å². The minimum Gasteiger partial charge on any atom is -0.465 e. The van der Waals surface area contributed by atoms with Crippen LogP contribution in [0.25, 0.3) is 0 Å². The molecule has 2 atom stereocenters. The number of rotatable bonds is 4. The fraction of sp³-hybridized carbons (Fsp3) is 0.619. The van der Waals surface area contributed by atoms with E-state index >= 15 is 0 Å². The molecule has 1 N–H and O–H groups in total. The second kappa shape index (κ2) is 7.59. The second-order valence-electron chi connectivity index (χ2n) is 8.43. The molecule has 0 heterocycles. The molecule has 1 aromatic carbocycles. The van der Waals surface area contributed by atoms with E-state index in [0.717, 1.165) is 24.1 Å². The van der Waals surface area contributed by atoms with Crippen LogP contribution in [0.2, 0.25) is 0 Å². The van der Waals surface area contributed by atoms with Gasteiger partial charge in [0, 0.05) is 11.6 Å². The number of amides is 1. The molecule has 1 aliphatic carbocycles. The number of esters is 1. The van der Waals surface area contributed by atoms with E-state index in [4.69, 9.17) is 4.74 Å². The Bertz CT molecular complexity index is 649. The van der Waals surface area contributed by atoms with Gasteiger partial charge in [0.05, 0.1) is 12.7 Å². The number of carbonyl (C=O) groups excluding carboxylic acids is 2. The summed E-state index contributed by atoms with van der Waals surface area (Å²) < 4.78 is 4.74. The molecule has 0 aliphatic heterocycles. The molecule has 25 heavy (non-hydrogen) atoms. The smallest absolute Gasteiger partial charge is 0.337 e. The molecular weight excluding hydrogens is 314 g/mol. The van der Waals surface area contributed by atoms with Gasteiger partial charge in [0.15, 0.2) is 0 Å². The van der Waals surface area contributed by atoms with Gasteiger partial charge in [0.1, 0.15) is 0 Å². The van der Waals surface area contributed by atoms with Gasteiger partial charge in [-0.05, 0) is 67.2 Å². The zero-order valence-electron chi connectivity index (χ0n) is 16.3. The third-order valence-corrected chi connectivity index (χ3v) is 5.54. The first kappa shape index (κ1) is 19.5. The Kier molecular flexibility index (Phi) is 5.91. The Hall–Kier alpha value is -1.84. The summed E-state index contributed by atoms with van der Waals surface area (Å²) in [5.74, 6) is 0.677. The summed E-state index contributed by atoms with van der Waals surface area (Å²) in [6.07, 6.45) is 3.19. The standard InChI is InChI=1S/C21H31NO3/c1-13(2)16-9-10-21(4,5)12-17(16)19(23)22-18-8-7-15(11-14(18)3)20(24)25-6/h7-8,11,13,16-17H,9-10,12H2,1-6H3,(H,22,23). The van der Waals surface area contributed by atoms with Gasteiger partial charge in [0.25, 0.3) is 0 Å². The number of anilines is 1.